The minimum atomic E-state index is -0.466. The van der Waals surface area contributed by atoms with E-state index in [9.17, 15) is 9.59 Å². The predicted octanol–water partition coefficient (Wildman–Crippen LogP) is 1.69. The molecule has 0 radical (unpaired) electrons. The van der Waals surface area contributed by atoms with Crippen LogP contribution in [0.3, 0.4) is 0 Å². The van der Waals surface area contributed by atoms with Crippen LogP contribution < -0.4 is 11.1 Å². The van der Waals surface area contributed by atoms with E-state index in [2.05, 4.69) is 25.3 Å². The lowest BCUT2D eigenvalue weighted by Gasteiger charge is -2.16. The lowest BCUT2D eigenvalue weighted by Crippen LogP contribution is -2.36. The van der Waals surface area contributed by atoms with Gasteiger partial charge in [0.25, 0.3) is 5.91 Å². The molecular weight excluding hydrogens is 424 g/mol. The fourth-order valence-corrected chi connectivity index (χ4v) is 3.88. The van der Waals surface area contributed by atoms with Crippen molar-refractivity contribution in [3.8, 4) is 22.8 Å². The number of fused-ring (bicyclic) bond motifs is 1. The summed E-state index contributed by atoms with van der Waals surface area (Å²) >= 11 is 0. The second-order valence-electron chi connectivity index (χ2n) is 7.78. The standard InChI is InChI=1S/C22H22N8O3/c1-13-11-26-15-5-4-14(12-30(13)15)17-18(22-25-7-10-33-22)28-20(23)19(27-17)21(32)24-6-9-29-8-2-3-16(29)31/h4-5,7,10-12H,2-3,6,8-9H2,1H3,(H2,23,28)(H,24,32). The van der Waals surface area contributed by atoms with E-state index in [0.717, 1.165) is 17.8 Å². The molecule has 2 amide bonds. The summed E-state index contributed by atoms with van der Waals surface area (Å²) in [7, 11) is 0. The molecule has 0 aromatic carbocycles. The molecule has 0 atom stereocenters. The number of imidazole rings is 1. The van der Waals surface area contributed by atoms with Crippen molar-refractivity contribution in [1.82, 2.24) is 34.6 Å². The summed E-state index contributed by atoms with van der Waals surface area (Å²) in [6, 6.07) is 3.70. The molecule has 5 rings (SSSR count). The molecule has 0 spiro atoms. The third-order valence-electron chi connectivity index (χ3n) is 5.58. The largest absolute Gasteiger partial charge is 0.443 e. The molecular formula is C22H22N8O3. The average molecular weight is 446 g/mol. The highest BCUT2D eigenvalue weighted by molar-refractivity contribution is 5.97. The SMILES string of the molecule is Cc1cnc2ccc(-c3nc(C(=O)NCCN4CCCC4=O)c(N)nc3-c3ncco3)cn12. The number of aryl methyl sites for hydroxylation is 1. The molecule has 5 heterocycles. The number of nitrogen functional groups attached to an aromatic ring is 1. The quantitative estimate of drug-likeness (QED) is 0.455. The van der Waals surface area contributed by atoms with Crippen LogP contribution in [0, 0.1) is 6.92 Å². The van der Waals surface area contributed by atoms with E-state index in [4.69, 9.17) is 10.2 Å². The maximum Gasteiger partial charge on any atom is 0.273 e. The van der Waals surface area contributed by atoms with Crippen LogP contribution in [-0.2, 0) is 4.79 Å². The van der Waals surface area contributed by atoms with E-state index in [1.165, 1.54) is 12.5 Å². The summed E-state index contributed by atoms with van der Waals surface area (Å²) in [4.78, 5) is 43.9. The minimum absolute atomic E-state index is 0.00416. The molecule has 168 valence electrons. The number of amides is 2. The summed E-state index contributed by atoms with van der Waals surface area (Å²) in [6.45, 7) is 3.39. The first-order chi connectivity index (χ1) is 16.0. The van der Waals surface area contributed by atoms with Gasteiger partial charge in [-0.25, -0.2) is 19.9 Å². The summed E-state index contributed by atoms with van der Waals surface area (Å²) < 4.78 is 7.36. The summed E-state index contributed by atoms with van der Waals surface area (Å²) in [6.07, 6.45) is 7.97. The van der Waals surface area contributed by atoms with Crippen molar-refractivity contribution in [2.45, 2.75) is 19.8 Å². The van der Waals surface area contributed by atoms with Gasteiger partial charge in [-0.15, -0.1) is 0 Å². The molecule has 4 aromatic rings. The zero-order valence-electron chi connectivity index (χ0n) is 18.0. The topological polar surface area (TPSA) is 145 Å². The molecule has 1 aliphatic rings. The highest BCUT2D eigenvalue weighted by Crippen LogP contribution is 2.30. The number of likely N-dealkylation sites (tertiary alicyclic amines) is 1. The molecule has 1 aliphatic heterocycles. The number of nitrogens with one attached hydrogen (secondary N) is 1. The first-order valence-corrected chi connectivity index (χ1v) is 10.6. The van der Waals surface area contributed by atoms with Crippen molar-refractivity contribution in [3.63, 3.8) is 0 Å². The normalized spacial score (nSPS) is 13.7. The predicted molar refractivity (Wildman–Crippen MR) is 119 cm³/mol. The molecule has 0 saturated carbocycles. The van der Waals surface area contributed by atoms with Crippen LogP contribution in [-0.4, -0.2) is 60.7 Å². The molecule has 1 saturated heterocycles. The van der Waals surface area contributed by atoms with Crippen molar-refractivity contribution >= 4 is 23.3 Å². The number of anilines is 1. The fraction of sp³-hybridized carbons (Fsp3) is 0.273. The van der Waals surface area contributed by atoms with Crippen molar-refractivity contribution in [2.75, 3.05) is 25.4 Å². The fourth-order valence-electron chi connectivity index (χ4n) is 3.88. The van der Waals surface area contributed by atoms with E-state index in [0.29, 0.717) is 43.0 Å². The van der Waals surface area contributed by atoms with Gasteiger partial charge in [-0.2, -0.15) is 0 Å². The van der Waals surface area contributed by atoms with Crippen LogP contribution in [0.2, 0.25) is 0 Å². The number of oxazole rings is 1. The van der Waals surface area contributed by atoms with Crippen molar-refractivity contribution in [3.05, 3.63) is 48.4 Å². The highest BCUT2D eigenvalue weighted by atomic mass is 16.3. The van der Waals surface area contributed by atoms with Crippen molar-refractivity contribution < 1.29 is 14.0 Å². The lowest BCUT2D eigenvalue weighted by atomic mass is 10.1. The van der Waals surface area contributed by atoms with Gasteiger partial charge in [0.15, 0.2) is 17.2 Å². The molecule has 11 heteroatoms. The Labute approximate surface area is 188 Å². The van der Waals surface area contributed by atoms with Crippen molar-refractivity contribution in [2.24, 2.45) is 0 Å². The van der Waals surface area contributed by atoms with E-state index >= 15 is 0 Å². The second-order valence-corrected chi connectivity index (χ2v) is 7.78. The third-order valence-corrected chi connectivity index (χ3v) is 5.58. The van der Waals surface area contributed by atoms with Crippen LogP contribution in [0.25, 0.3) is 28.5 Å². The van der Waals surface area contributed by atoms with Gasteiger partial charge < -0.3 is 24.8 Å². The van der Waals surface area contributed by atoms with E-state index < -0.39 is 5.91 Å². The third kappa shape index (κ3) is 3.88. The first kappa shape index (κ1) is 20.6. The van der Waals surface area contributed by atoms with Gasteiger partial charge in [-0.1, -0.05) is 0 Å². The first-order valence-electron chi connectivity index (χ1n) is 10.6. The molecule has 0 bridgehead atoms. The molecule has 33 heavy (non-hydrogen) atoms. The molecule has 4 aromatic heterocycles. The Hall–Kier alpha value is -4.28. The van der Waals surface area contributed by atoms with Crippen LogP contribution in [0.4, 0.5) is 5.82 Å². The van der Waals surface area contributed by atoms with Gasteiger partial charge in [-0.3, -0.25) is 9.59 Å². The molecule has 1 fully saturated rings. The Morgan fingerprint density at radius 3 is 2.88 bits per heavy atom. The smallest absolute Gasteiger partial charge is 0.273 e. The van der Waals surface area contributed by atoms with Crippen LogP contribution in [0.5, 0.6) is 0 Å². The Morgan fingerprint density at radius 2 is 2.12 bits per heavy atom. The van der Waals surface area contributed by atoms with E-state index in [1.54, 1.807) is 11.1 Å². The Bertz CT molecular complexity index is 1350. The average Bonchev–Trinajstić information content (AvgIpc) is 3.56. The molecule has 0 aliphatic carbocycles. The second kappa shape index (κ2) is 8.34. The summed E-state index contributed by atoms with van der Waals surface area (Å²) in [5, 5.41) is 2.79. The maximum atomic E-state index is 12.9. The summed E-state index contributed by atoms with van der Waals surface area (Å²) in [5.41, 5.74) is 9.26. The van der Waals surface area contributed by atoms with Crippen LogP contribution >= 0.6 is 0 Å². The number of carbonyl (C=O) groups is 2. The zero-order valence-corrected chi connectivity index (χ0v) is 18.0. The van der Waals surface area contributed by atoms with E-state index in [-0.39, 0.29) is 23.3 Å². The number of pyridine rings is 1. The van der Waals surface area contributed by atoms with E-state index in [1.807, 2.05) is 29.7 Å². The van der Waals surface area contributed by atoms with Gasteiger partial charge >= 0.3 is 0 Å². The number of rotatable bonds is 6. The molecule has 11 nitrogen and oxygen atoms in total. The zero-order chi connectivity index (χ0) is 22.9. The number of hydrogen-bond donors (Lipinski definition) is 2. The van der Waals surface area contributed by atoms with Gasteiger partial charge in [0.2, 0.25) is 11.8 Å². The van der Waals surface area contributed by atoms with Crippen LogP contribution in [0.1, 0.15) is 29.0 Å². The van der Waals surface area contributed by atoms with Gasteiger partial charge in [0, 0.05) is 49.7 Å². The van der Waals surface area contributed by atoms with Crippen LogP contribution in [0.15, 0.2) is 41.4 Å². The number of aromatic nitrogens is 5. The number of nitrogens with two attached hydrogens (primary N) is 1. The number of nitrogens with zero attached hydrogens (tertiary/aromatic N) is 6. The summed E-state index contributed by atoms with van der Waals surface area (Å²) in [5.74, 6) is -0.161. The molecule has 0 unspecified atom stereocenters. The molecule has 3 N–H and O–H groups in total. The Kier molecular flexibility index (Phi) is 5.21. The lowest BCUT2D eigenvalue weighted by molar-refractivity contribution is -0.127. The minimum Gasteiger partial charge on any atom is -0.443 e. The number of hydrogen-bond acceptors (Lipinski definition) is 8. The van der Waals surface area contributed by atoms with Crippen molar-refractivity contribution in [1.29, 1.82) is 0 Å². The van der Waals surface area contributed by atoms with Gasteiger partial charge in [0.1, 0.15) is 17.6 Å². The maximum absolute atomic E-state index is 12.9. The Balaban J connectivity index is 1.49. The monoisotopic (exact) mass is 446 g/mol. The Morgan fingerprint density at radius 1 is 1.24 bits per heavy atom. The van der Waals surface area contributed by atoms with Gasteiger partial charge in [-0.05, 0) is 25.5 Å². The highest BCUT2D eigenvalue weighted by Gasteiger charge is 2.23. The van der Waals surface area contributed by atoms with Gasteiger partial charge in [0.05, 0.1) is 6.20 Å². The number of carbonyl (C=O) groups excluding carboxylic acids is 2.